The van der Waals surface area contributed by atoms with Gasteiger partial charge in [-0.25, -0.2) is 4.68 Å². The Balaban J connectivity index is 2.08. The molecule has 1 aromatic rings. The minimum absolute atomic E-state index is 0.187. The molecule has 1 unspecified atom stereocenters. The molecule has 2 heterocycles. The molecule has 0 aliphatic carbocycles. The van der Waals surface area contributed by atoms with Gasteiger partial charge >= 0.3 is 0 Å². The molecule has 1 aromatic heterocycles. The summed E-state index contributed by atoms with van der Waals surface area (Å²) >= 11 is 0. The Kier molecular flexibility index (Phi) is 2.13. The van der Waals surface area contributed by atoms with Crippen LogP contribution >= 0.6 is 0 Å². The second kappa shape index (κ2) is 3.27. The Labute approximate surface area is 72.3 Å². The molecule has 3 heteroatoms. The lowest BCUT2D eigenvalue weighted by atomic mass is 10.2. The Hall–Kier alpha value is -0.830. The van der Waals surface area contributed by atoms with Crippen molar-refractivity contribution < 1.29 is 4.74 Å². The van der Waals surface area contributed by atoms with Crippen LogP contribution in [0.4, 0.5) is 0 Å². The van der Waals surface area contributed by atoms with Crippen molar-refractivity contribution in [3.8, 4) is 0 Å². The fourth-order valence-electron chi connectivity index (χ4n) is 1.53. The molecule has 1 aliphatic heterocycles. The number of nitrogens with zero attached hydrogens (tertiary/aromatic N) is 2. The fraction of sp³-hybridized carbons (Fsp3) is 0.667. The monoisotopic (exact) mass is 166 g/mol. The van der Waals surface area contributed by atoms with Crippen LogP contribution in [0.5, 0.6) is 0 Å². The minimum atomic E-state index is 0.187. The highest BCUT2D eigenvalue weighted by atomic mass is 16.5. The summed E-state index contributed by atoms with van der Waals surface area (Å²) < 4.78 is 7.50. The van der Waals surface area contributed by atoms with Crippen molar-refractivity contribution >= 4 is 0 Å². The smallest absolute Gasteiger partial charge is 0.150 e. The van der Waals surface area contributed by atoms with Crippen LogP contribution in [0.3, 0.4) is 0 Å². The summed E-state index contributed by atoms with van der Waals surface area (Å²) in [6, 6.07) is 2.01. The first-order valence-corrected chi connectivity index (χ1v) is 4.49. The van der Waals surface area contributed by atoms with Gasteiger partial charge in [0, 0.05) is 12.8 Å². The molecule has 0 aromatic carbocycles. The maximum Gasteiger partial charge on any atom is 0.150 e. The molecule has 0 bridgehead atoms. The van der Waals surface area contributed by atoms with Crippen LogP contribution in [0.25, 0.3) is 0 Å². The third-order valence-corrected chi connectivity index (χ3v) is 2.19. The zero-order chi connectivity index (χ0) is 8.39. The van der Waals surface area contributed by atoms with Gasteiger partial charge in [-0.15, -0.1) is 0 Å². The van der Waals surface area contributed by atoms with Crippen molar-refractivity contribution in [3.05, 3.63) is 18.0 Å². The van der Waals surface area contributed by atoms with Crippen molar-refractivity contribution in [2.75, 3.05) is 6.61 Å². The lowest BCUT2D eigenvalue weighted by Crippen LogP contribution is -2.18. The average Bonchev–Trinajstić information content (AvgIpc) is 2.54. The van der Waals surface area contributed by atoms with Gasteiger partial charge in [0.25, 0.3) is 0 Å². The highest BCUT2D eigenvalue weighted by Gasteiger charge is 2.15. The highest BCUT2D eigenvalue weighted by molar-refractivity contribution is 4.95. The van der Waals surface area contributed by atoms with Crippen molar-refractivity contribution in [1.29, 1.82) is 0 Å². The predicted octanol–water partition coefficient (Wildman–Crippen LogP) is 1.89. The zero-order valence-corrected chi connectivity index (χ0v) is 7.36. The van der Waals surface area contributed by atoms with Crippen molar-refractivity contribution in [3.63, 3.8) is 0 Å². The van der Waals surface area contributed by atoms with E-state index in [1.807, 2.05) is 23.9 Å². The third kappa shape index (κ3) is 1.50. The van der Waals surface area contributed by atoms with E-state index < -0.39 is 0 Å². The van der Waals surface area contributed by atoms with E-state index in [1.54, 1.807) is 0 Å². The topological polar surface area (TPSA) is 27.1 Å². The van der Waals surface area contributed by atoms with E-state index in [9.17, 15) is 0 Å². The lowest BCUT2D eigenvalue weighted by Gasteiger charge is -2.22. The highest BCUT2D eigenvalue weighted by Crippen LogP contribution is 2.21. The van der Waals surface area contributed by atoms with Gasteiger partial charge < -0.3 is 4.74 Å². The van der Waals surface area contributed by atoms with E-state index in [-0.39, 0.29) is 6.23 Å². The van der Waals surface area contributed by atoms with Crippen molar-refractivity contribution in [1.82, 2.24) is 9.78 Å². The van der Waals surface area contributed by atoms with Gasteiger partial charge in [0.1, 0.15) is 6.23 Å². The number of aryl methyl sites for hydroxylation is 1. The van der Waals surface area contributed by atoms with Gasteiger partial charge in [-0.1, -0.05) is 0 Å². The van der Waals surface area contributed by atoms with Gasteiger partial charge in [-0.2, -0.15) is 5.10 Å². The molecular formula is C9H14N2O. The summed E-state index contributed by atoms with van der Waals surface area (Å²) in [4.78, 5) is 0. The molecule has 0 N–H and O–H groups in total. The maximum absolute atomic E-state index is 5.58. The van der Waals surface area contributed by atoms with E-state index in [1.165, 1.54) is 12.8 Å². The molecule has 1 atom stereocenters. The lowest BCUT2D eigenvalue weighted by molar-refractivity contribution is -0.0396. The molecular weight excluding hydrogens is 152 g/mol. The van der Waals surface area contributed by atoms with Gasteiger partial charge in [-0.3, -0.25) is 0 Å². The number of hydrogen-bond donors (Lipinski definition) is 0. The zero-order valence-electron chi connectivity index (χ0n) is 7.36. The van der Waals surface area contributed by atoms with Crippen LogP contribution < -0.4 is 0 Å². The molecule has 1 fully saturated rings. The van der Waals surface area contributed by atoms with Gasteiger partial charge in [0.05, 0.1) is 5.69 Å². The van der Waals surface area contributed by atoms with E-state index >= 15 is 0 Å². The standard InChI is InChI=1S/C9H14N2O/c1-8-5-6-11(10-8)9-4-2-3-7-12-9/h5-6,9H,2-4,7H2,1H3. The van der Waals surface area contributed by atoms with E-state index in [2.05, 4.69) is 5.10 Å². The summed E-state index contributed by atoms with van der Waals surface area (Å²) in [7, 11) is 0. The maximum atomic E-state index is 5.58. The summed E-state index contributed by atoms with van der Waals surface area (Å²) in [6.45, 7) is 2.88. The Morgan fingerprint density at radius 1 is 1.58 bits per heavy atom. The third-order valence-electron chi connectivity index (χ3n) is 2.19. The molecule has 1 saturated heterocycles. The quantitative estimate of drug-likeness (QED) is 0.637. The number of ether oxygens (including phenoxy) is 1. The van der Waals surface area contributed by atoms with E-state index in [4.69, 9.17) is 4.74 Å². The second-order valence-corrected chi connectivity index (χ2v) is 3.26. The van der Waals surface area contributed by atoms with E-state index in [0.717, 1.165) is 18.7 Å². The summed E-state index contributed by atoms with van der Waals surface area (Å²) in [5, 5.41) is 4.33. The van der Waals surface area contributed by atoms with Crippen LogP contribution in [0.2, 0.25) is 0 Å². The SMILES string of the molecule is Cc1ccn(C2CCCCO2)n1. The molecule has 2 rings (SSSR count). The Morgan fingerprint density at radius 3 is 3.08 bits per heavy atom. The summed E-state index contributed by atoms with van der Waals surface area (Å²) in [5.41, 5.74) is 1.06. The Bertz CT molecular complexity index is 251. The fourth-order valence-corrected chi connectivity index (χ4v) is 1.53. The molecule has 0 spiro atoms. The van der Waals surface area contributed by atoms with Crippen molar-refractivity contribution in [2.45, 2.75) is 32.4 Å². The molecule has 0 amide bonds. The first-order valence-electron chi connectivity index (χ1n) is 4.49. The second-order valence-electron chi connectivity index (χ2n) is 3.26. The van der Waals surface area contributed by atoms with Crippen LogP contribution in [0, 0.1) is 6.92 Å². The van der Waals surface area contributed by atoms with Crippen molar-refractivity contribution in [2.24, 2.45) is 0 Å². The first kappa shape index (κ1) is 7.80. The Morgan fingerprint density at radius 2 is 2.50 bits per heavy atom. The van der Waals surface area contributed by atoms with Crippen LogP contribution in [0.15, 0.2) is 12.3 Å². The van der Waals surface area contributed by atoms with Crippen LogP contribution in [-0.2, 0) is 4.74 Å². The number of rotatable bonds is 1. The van der Waals surface area contributed by atoms with Gasteiger partial charge in [-0.05, 0) is 32.3 Å². The molecule has 0 radical (unpaired) electrons. The molecule has 12 heavy (non-hydrogen) atoms. The number of aromatic nitrogens is 2. The average molecular weight is 166 g/mol. The van der Waals surface area contributed by atoms with Crippen LogP contribution in [0.1, 0.15) is 31.2 Å². The first-order chi connectivity index (χ1) is 5.86. The molecule has 3 nitrogen and oxygen atoms in total. The normalized spacial score (nSPS) is 24.2. The summed E-state index contributed by atoms with van der Waals surface area (Å²) in [5.74, 6) is 0. The molecule has 66 valence electrons. The largest absolute Gasteiger partial charge is 0.357 e. The predicted molar refractivity (Wildman–Crippen MR) is 45.8 cm³/mol. The summed E-state index contributed by atoms with van der Waals surface area (Å²) in [6.07, 6.45) is 5.72. The molecule has 0 saturated carbocycles. The van der Waals surface area contributed by atoms with E-state index in [0.29, 0.717) is 0 Å². The number of hydrogen-bond acceptors (Lipinski definition) is 2. The minimum Gasteiger partial charge on any atom is -0.357 e. The molecule has 1 aliphatic rings. The van der Waals surface area contributed by atoms with Crippen LogP contribution in [-0.4, -0.2) is 16.4 Å². The van der Waals surface area contributed by atoms with Gasteiger partial charge in [0.2, 0.25) is 0 Å². The van der Waals surface area contributed by atoms with Gasteiger partial charge in [0.15, 0.2) is 0 Å².